The Labute approximate surface area is 193 Å². The third kappa shape index (κ3) is 5.74. The second-order valence-electron chi connectivity index (χ2n) is 9.56. The van der Waals surface area contributed by atoms with Gasteiger partial charge in [-0.3, -0.25) is 14.7 Å². The van der Waals surface area contributed by atoms with Crippen molar-refractivity contribution >= 4 is 17.6 Å². The molecule has 4 rings (SSSR count). The number of amides is 1. The molecule has 2 unspecified atom stereocenters. The average Bonchev–Trinajstić information content (AvgIpc) is 3.54. The van der Waals surface area contributed by atoms with Gasteiger partial charge in [0.1, 0.15) is 0 Å². The van der Waals surface area contributed by atoms with Gasteiger partial charge < -0.3 is 20.4 Å². The summed E-state index contributed by atoms with van der Waals surface area (Å²) in [5, 5.41) is 7.06. The molecule has 2 heterocycles. The van der Waals surface area contributed by atoms with Gasteiger partial charge in [-0.25, -0.2) is 0 Å². The predicted molar refractivity (Wildman–Crippen MR) is 131 cm³/mol. The fraction of sp³-hybridized carbons (Fsp3) is 0.680. The van der Waals surface area contributed by atoms with Crippen molar-refractivity contribution in [2.75, 3.05) is 57.8 Å². The van der Waals surface area contributed by atoms with E-state index in [9.17, 15) is 4.79 Å². The van der Waals surface area contributed by atoms with E-state index in [-0.39, 0.29) is 12.0 Å². The van der Waals surface area contributed by atoms with Crippen LogP contribution in [-0.2, 0) is 4.79 Å². The molecule has 32 heavy (non-hydrogen) atoms. The maximum Gasteiger partial charge on any atom is 0.225 e. The molecule has 0 bridgehead atoms. The first kappa shape index (κ1) is 22.9. The molecule has 176 valence electrons. The van der Waals surface area contributed by atoms with Crippen LogP contribution in [-0.4, -0.2) is 86.6 Å². The van der Waals surface area contributed by atoms with Crippen molar-refractivity contribution in [3.05, 3.63) is 30.3 Å². The number of para-hydroxylation sites is 1. The van der Waals surface area contributed by atoms with Crippen molar-refractivity contribution in [2.24, 2.45) is 10.9 Å². The van der Waals surface area contributed by atoms with Crippen LogP contribution in [0.1, 0.15) is 39.0 Å². The topological polar surface area (TPSA) is 63.2 Å². The highest BCUT2D eigenvalue weighted by Crippen LogP contribution is 2.27. The standard InChI is InChI=1S/C25H40N6O/c1-20(29-14-16-30(17-15-29)23-10-4-3-5-11-23)18-27-25(26-2)28-22-12-13-31(19-22)24(32)21-8-6-7-9-21/h3-5,10-11,20-22H,6-9,12-19H2,1-2H3,(H2,26,27,28). The zero-order valence-electron chi connectivity index (χ0n) is 19.8. The Morgan fingerprint density at radius 1 is 1.06 bits per heavy atom. The van der Waals surface area contributed by atoms with E-state index in [4.69, 9.17) is 0 Å². The Morgan fingerprint density at radius 2 is 1.78 bits per heavy atom. The lowest BCUT2D eigenvalue weighted by Crippen LogP contribution is -2.54. The summed E-state index contributed by atoms with van der Waals surface area (Å²) < 4.78 is 0. The number of piperazine rings is 1. The van der Waals surface area contributed by atoms with Crippen molar-refractivity contribution in [2.45, 2.75) is 51.1 Å². The molecule has 2 N–H and O–H groups in total. The van der Waals surface area contributed by atoms with Gasteiger partial charge in [0.15, 0.2) is 5.96 Å². The monoisotopic (exact) mass is 440 g/mol. The second kappa shape index (κ2) is 11.0. The van der Waals surface area contributed by atoms with Crippen molar-refractivity contribution in [3.63, 3.8) is 0 Å². The average molecular weight is 441 g/mol. The molecular formula is C25H40N6O. The third-order valence-electron chi connectivity index (χ3n) is 7.39. The molecule has 7 nitrogen and oxygen atoms in total. The number of rotatable bonds is 6. The number of hydrogen-bond acceptors (Lipinski definition) is 4. The van der Waals surface area contributed by atoms with Crippen molar-refractivity contribution in [3.8, 4) is 0 Å². The number of guanidine groups is 1. The summed E-state index contributed by atoms with van der Waals surface area (Å²) in [5.41, 5.74) is 1.32. The largest absolute Gasteiger partial charge is 0.369 e. The van der Waals surface area contributed by atoms with E-state index in [1.54, 1.807) is 0 Å². The predicted octanol–water partition coefficient (Wildman–Crippen LogP) is 2.15. The van der Waals surface area contributed by atoms with E-state index < -0.39 is 0 Å². The van der Waals surface area contributed by atoms with E-state index in [0.717, 1.165) is 71.0 Å². The minimum atomic E-state index is 0.273. The van der Waals surface area contributed by atoms with Crippen molar-refractivity contribution in [1.82, 2.24) is 20.4 Å². The molecule has 0 aromatic heterocycles. The lowest BCUT2D eigenvalue weighted by molar-refractivity contribution is -0.134. The van der Waals surface area contributed by atoms with Gasteiger partial charge in [-0.05, 0) is 38.3 Å². The maximum absolute atomic E-state index is 12.7. The van der Waals surface area contributed by atoms with Gasteiger partial charge in [0.05, 0.1) is 0 Å². The summed E-state index contributed by atoms with van der Waals surface area (Å²) in [6.45, 7) is 9.09. The molecule has 0 radical (unpaired) electrons. The molecule has 0 spiro atoms. The molecule has 2 saturated heterocycles. The number of aliphatic imine (C=N–C) groups is 1. The van der Waals surface area contributed by atoms with Crippen LogP contribution in [0.15, 0.2) is 35.3 Å². The smallest absolute Gasteiger partial charge is 0.225 e. The molecule has 1 aromatic carbocycles. The summed E-state index contributed by atoms with van der Waals surface area (Å²) in [5.74, 6) is 1.49. The Bertz CT molecular complexity index is 755. The Kier molecular flexibility index (Phi) is 7.90. The fourth-order valence-electron chi connectivity index (χ4n) is 5.33. The zero-order chi connectivity index (χ0) is 22.3. The van der Waals surface area contributed by atoms with E-state index in [0.29, 0.717) is 11.9 Å². The van der Waals surface area contributed by atoms with Crippen LogP contribution < -0.4 is 15.5 Å². The summed E-state index contributed by atoms with van der Waals surface area (Å²) in [4.78, 5) is 24.2. The Hall–Kier alpha value is -2.28. The van der Waals surface area contributed by atoms with Crippen LogP contribution in [0.3, 0.4) is 0 Å². The third-order valence-corrected chi connectivity index (χ3v) is 7.39. The molecule has 3 fully saturated rings. The molecular weight excluding hydrogens is 400 g/mol. The van der Waals surface area contributed by atoms with Gasteiger partial charge in [0, 0.05) is 76.5 Å². The molecule has 1 aliphatic carbocycles. The van der Waals surface area contributed by atoms with E-state index >= 15 is 0 Å². The van der Waals surface area contributed by atoms with Crippen LogP contribution in [0, 0.1) is 5.92 Å². The normalized spacial score (nSPS) is 24.1. The Morgan fingerprint density at radius 3 is 2.47 bits per heavy atom. The first-order valence-electron chi connectivity index (χ1n) is 12.4. The number of likely N-dealkylation sites (tertiary alicyclic amines) is 1. The molecule has 1 aromatic rings. The van der Waals surface area contributed by atoms with E-state index in [1.165, 1.54) is 18.5 Å². The molecule has 1 amide bonds. The molecule has 3 aliphatic rings. The fourth-order valence-corrected chi connectivity index (χ4v) is 5.33. The van der Waals surface area contributed by atoms with E-state index in [2.05, 4.69) is 67.6 Å². The number of nitrogens with one attached hydrogen (secondary N) is 2. The first-order valence-corrected chi connectivity index (χ1v) is 12.4. The van der Waals surface area contributed by atoms with E-state index in [1.807, 2.05) is 7.05 Å². The SMILES string of the molecule is CN=C(NCC(C)N1CCN(c2ccccc2)CC1)NC1CCN(C(=O)C2CCCC2)C1. The summed E-state index contributed by atoms with van der Waals surface area (Å²) in [6.07, 6.45) is 5.57. The van der Waals surface area contributed by atoms with Gasteiger partial charge in [-0.1, -0.05) is 31.0 Å². The molecule has 2 aliphatic heterocycles. The van der Waals surface area contributed by atoms with Gasteiger partial charge in [-0.2, -0.15) is 0 Å². The van der Waals surface area contributed by atoms with Crippen LogP contribution in [0.25, 0.3) is 0 Å². The number of anilines is 1. The summed E-state index contributed by atoms with van der Waals surface area (Å²) in [7, 11) is 1.83. The van der Waals surface area contributed by atoms with Crippen molar-refractivity contribution < 1.29 is 4.79 Å². The zero-order valence-corrected chi connectivity index (χ0v) is 19.8. The number of carbonyl (C=O) groups excluding carboxylic acids is 1. The molecule has 1 saturated carbocycles. The van der Waals surface area contributed by atoms with Crippen molar-refractivity contribution in [1.29, 1.82) is 0 Å². The molecule has 7 heteroatoms. The first-order chi connectivity index (χ1) is 15.6. The van der Waals surface area contributed by atoms with Gasteiger partial charge in [-0.15, -0.1) is 0 Å². The number of nitrogens with zero attached hydrogens (tertiary/aromatic N) is 4. The van der Waals surface area contributed by atoms with Crippen LogP contribution in [0.2, 0.25) is 0 Å². The van der Waals surface area contributed by atoms with Crippen LogP contribution in [0.4, 0.5) is 5.69 Å². The van der Waals surface area contributed by atoms with Gasteiger partial charge >= 0.3 is 0 Å². The highest BCUT2D eigenvalue weighted by Gasteiger charge is 2.32. The van der Waals surface area contributed by atoms with Crippen LogP contribution in [0.5, 0.6) is 0 Å². The quantitative estimate of drug-likeness (QED) is 0.524. The number of hydrogen-bond donors (Lipinski definition) is 2. The summed E-state index contributed by atoms with van der Waals surface area (Å²) in [6, 6.07) is 11.4. The minimum absolute atomic E-state index is 0.273. The lowest BCUT2D eigenvalue weighted by atomic mass is 10.1. The summed E-state index contributed by atoms with van der Waals surface area (Å²) >= 11 is 0. The maximum atomic E-state index is 12.7. The van der Waals surface area contributed by atoms with Crippen LogP contribution >= 0.6 is 0 Å². The van der Waals surface area contributed by atoms with Gasteiger partial charge in [0.2, 0.25) is 5.91 Å². The second-order valence-corrected chi connectivity index (χ2v) is 9.56. The highest BCUT2D eigenvalue weighted by molar-refractivity contribution is 5.81. The number of carbonyl (C=O) groups is 1. The Balaban J connectivity index is 1.17. The minimum Gasteiger partial charge on any atom is -0.369 e. The molecule has 2 atom stereocenters. The lowest BCUT2D eigenvalue weighted by Gasteiger charge is -2.39. The highest BCUT2D eigenvalue weighted by atomic mass is 16.2. The van der Waals surface area contributed by atoms with Gasteiger partial charge in [0.25, 0.3) is 0 Å². The number of benzene rings is 1.